The summed E-state index contributed by atoms with van der Waals surface area (Å²) in [7, 11) is 0. The number of nitrogens with zero attached hydrogens (tertiary/aromatic N) is 1. The zero-order chi connectivity index (χ0) is 13.9. The van der Waals surface area contributed by atoms with Crippen LogP contribution in [0.25, 0.3) is 0 Å². The van der Waals surface area contributed by atoms with Crippen molar-refractivity contribution in [1.29, 1.82) is 0 Å². The van der Waals surface area contributed by atoms with E-state index in [0.29, 0.717) is 6.54 Å². The topological polar surface area (TPSA) is 20.3 Å². The zero-order valence-electron chi connectivity index (χ0n) is 11.2. The van der Waals surface area contributed by atoms with E-state index in [2.05, 4.69) is 28.1 Å². The molecule has 0 saturated heterocycles. The molecule has 0 N–H and O–H groups in total. The Morgan fingerprint density at radius 1 is 1.05 bits per heavy atom. The van der Waals surface area contributed by atoms with E-state index in [1.165, 1.54) is 5.56 Å². The van der Waals surface area contributed by atoms with E-state index >= 15 is 0 Å². The van der Waals surface area contributed by atoms with Crippen molar-refractivity contribution in [3.63, 3.8) is 0 Å². The second kappa shape index (κ2) is 5.80. The molecule has 1 amide bonds. The molecule has 2 nitrogen and oxygen atoms in total. The predicted molar refractivity (Wildman–Crippen MR) is 83.6 cm³/mol. The van der Waals surface area contributed by atoms with Crippen molar-refractivity contribution in [2.45, 2.75) is 19.4 Å². The number of carbonyl (C=O) groups is 1. The molecule has 3 heteroatoms. The molecular formula is C17H16BrNO. The number of rotatable bonds is 2. The van der Waals surface area contributed by atoms with Crippen molar-refractivity contribution < 1.29 is 4.79 Å². The van der Waals surface area contributed by atoms with Crippen molar-refractivity contribution in [3.05, 3.63) is 69.7 Å². The highest BCUT2D eigenvalue weighted by atomic mass is 79.9. The molecule has 2 aromatic carbocycles. The van der Waals surface area contributed by atoms with E-state index in [1.54, 1.807) is 0 Å². The van der Waals surface area contributed by atoms with Gasteiger partial charge in [-0.2, -0.15) is 0 Å². The van der Waals surface area contributed by atoms with Gasteiger partial charge < -0.3 is 4.90 Å². The van der Waals surface area contributed by atoms with Gasteiger partial charge >= 0.3 is 0 Å². The third kappa shape index (κ3) is 2.63. The van der Waals surface area contributed by atoms with Crippen molar-refractivity contribution in [2.24, 2.45) is 0 Å². The Kier molecular flexibility index (Phi) is 3.88. The molecule has 0 bridgehead atoms. The third-order valence-electron chi connectivity index (χ3n) is 3.73. The van der Waals surface area contributed by atoms with E-state index < -0.39 is 0 Å². The Hall–Kier alpha value is -1.61. The van der Waals surface area contributed by atoms with Crippen LogP contribution in [0, 0.1) is 0 Å². The molecule has 2 aromatic rings. The largest absolute Gasteiger partial charge is 0.334 e. The molecule has 3 rings (SSSR count). The van der Waals surface area contributed by atoms with Crippen molar-refractivity contribution in [1.82, 2.24) is 4.90 Å². The highest BCUT2D eigenvalue weighted by Crippen LogP contribution is 2.23. The van der Waals surface area contributed by atoms with Crippen LogP contribution < -0.4 is 0 Å². The SMILES string of the molecule is O=C1c2ccccc2CCCN1Cc1ccccc1Br. The minimum Gasteiger partial charge on any atom is -0.334 e. The van der Waals surface area contributed by atoms with Crippen molar-refractivity contribution in [3.8, 4) is 0 Å². The lowest BCUT2D eigenvalue weighted by Crippen LogP contribution is -2.30. The normalized spacial score (nSPS) is 14.8. The smallest absolute Gasteiger partial charge is 0.254 e. The molecule has 0 aromatic heterocycles. The fourth-order valence-electron chi connectivity index (χ4n) is 2.66. The van der Waals surface area contributed by atoms with E-state index in [1.807, 2.05) is 41.3 Å². The van der Waals surface area contributed by atoms with E-state index in [-0.39, 0.29) is 5.91 Å². The molecule has 0 atom stereocenters. The lowest BCUT2D eigenvalue weighted by molar-refractivity contribution is 0.0748. The van der Waals surface area contributed by atoms with Gasteiger partial charge in [0, 0.05) is 23.1 Å². The van der Waals surface area contributed by atoms with Crippen LogP contribution in [0.4, 0.5) is 0 Å². The van der Waals surface area contributed by atoms with Crippen LogP contribution in [0.2, 0.25) is 0 Å². The first kappa shape index (κ1) is 13.4. The van der Waals surface area contributed by atoms with Gasteiger partial charge in [0.15, 0.2) is 0 Å². The summed E-state index contributed by atoms with van der Waals surface area (Å²) in [6.45, 7) is 1.48. The summed E-state index contributed by atoms with van der Waals surface area (Å²) < 4.78 is 1.06. The Bertz CT molecular complexity index is 638. The van der Waals surface area contributed by atoms with Crippen LogP contribution in [-0.4, -0.2) is 17.4 Å². The molecular weight excluding hydrogens is 314 g/mol. The Morgan fingerprint density at radius 3 is 2.65 bits per heavy atom. The molecule has 0 aliphatic carbocycles. The maximum absolute atomic E-state index is 12.7. The van der Waals surface area contributed by atoms with Gasteiger partial charge in [0.25, 0.3) is 5.91 Å². The van der Waals surface area contributed by atoms with Gasteiger partial charge in [-0.15, -0.1) is 0 Å². The molecule has 0 saturated carbocycles. The molecule has 102 valence electrons. The molecule has 0 fully saturated rings. The first-order chi connectivity index (χ1) is 9.75. The average Bonchev–Trinajstić information content (AvgIpc) is 2.62. The zero-order valence-corrected chi connectivity index (χ0v) is 12.8. The minimum atomic E-state index is 0.147. The Morgan fingerprint density at radius 2 is 1.80 bits per heavy atom. The lowest BCUT2D eigenvalue weighted by Gasteiger charge is -2.21. The fraction of sp³-hybridized carbons (Fsp3) is 0.235. The number of halogens is 1. The summed E-state index contributed by atoms with van der Waals surface area (Å²) in [6.07, 6.45) is 2.00. The lowest BCUT2D eigenvalue weighted by atomic mass is 10.0. The highest BCUT2D eigenvalue weighted by Gasteiger charge is 2.22. The quantitative estimate of drug-likeness (QED) is 0.814. The van der Waals surface area contributed by atoms with Gasteiger partial charge in [0.2, 0.25) is 0 Å². The van der Waals surface area contributed by atoms with Gasteiger partial charge in [-0.1, -0.05) is 52.3 Å². The van der Waals surface area contributed by atoms with Crippen molar-refractivity contribution >= 4 is 21.8 Å². The number of aryl methyl sites for hydroxylation is 1. The summed E-state index contributed by atoms with van der Waals surface area (Å²) in [4.78, 5) is 14.6. The molecule has 0 spiro atoms. The molecule has 1 heterocycles. The molecule has 0 radical (unpaired) electrons. The summed E-state index contributed by atoms with van der Waals surface area (Å²) in [5.74, 6) is 0.147. The van der Waals surface area contributed by atoms with E-state index in [0.717, 1.165) is 35.0 Å². The number of hydrogen-bond donors (Lipinski definition) is 0. The Labute approximate surface area is 127 Å². The van der Waals surface area contributed by atoms with E-state index in [4.69, 9.17) is 0 Å². The summed E-state index contributed by atoms with van der Waals surface area (Å²) >= 11 is 3.56. The van der Waals surface area contributed by atoms with Gasteiger partial charge in [-0.05, 0) is 36.1 Å². The monoisotopic (exact) mass is 329 g/mol. The summed E-state index contributed by atoms with van der Waals surface area (Å²) in [5, 5.41) is 0. The maximum Gasteiger partial charge on any atom is 0.254 e. The second-order valence-corrected chi connectivity index (χ2v) is 5.93. The van der Waals surface area contributed by atoms with Crippen LogP contribution in [0.3, 0.4) is 0 Å². The van der Waals surface area contributed by atoms with Gasteiger partial charge in [0.1, 0.15) is 0 Å². The van der Waals surface area contributed by atoms with E-state index in [9.17, 15) is 4.79 Å². The number of benzene rings is 2. The number of carbonyl (C=O) groups excluding carboxylic acids is 1. The number of hydrogen-bond acceptors (Lipinski definition) is 1. The van der Waals surface area contributed by atoms with Crippen LogP contribution in [-0.2, 0) is 13.0 Å². The molecule has 1 aliphatic heterocycles. The highest BCUT2D eigenvalue weighted by molar-refractivity contribution is 9.10. The van der Waals surface area contributed by atoms with Gasteiger partial charge in [-0.25, -0.2) is 0 Å². The minimum absolute atomic E-state index is 0.147. The first-order valence-electron chi connectivity index (χ1n) is 6.86. The van der Waals surface area contributed by atoms with Crippen LogP contribution in [0.1, 0.15) is 27.9 Å². The molecule has 20 heavy (non-hydrogen) atoms. The fourth-order valence-corrected chi connectivity index (χ4v) is 3.07. The third-order valence-corrected chi connectivity index (χ3v) is 4.50. The van der Waals surface area contributed by atoms with Crippen LogP contribution >= 0.6 is 15.9 Å². The summed E-state index contributed by atoms with van der Waals surface area (Å²) in [5.41, 5.74) is 3.18. The standard InChI is InChI=1S/C17H16BrNO/c18-16-10-4-2-7-14(16)12-19-11-5-8-13-6-1-3-9-15(13)17(19)20/h1-4,6-7,9-10H,5,8,11-12H2. The van der Waals surface area contributed by atoms with Gasteiger partial charge in [0.05, 0.1) is 0 Å². The number of amides is 1. The van der Waals surface area contributed by atoms with Gasteiger partial charge in [-0.3, -0.25) is 4.79 Å². The molecule has 0 unspecified atom stereocenters. The summed E-state index contributed by atoms with van der Waals surface area (Å²) in [6, 6.07) is 16.0. The number of fused-ring (bicyclic) bond motifs is 1. The first-order valence-corrected chi connectivity index (χ1v) is 7.65. The predicted octanol–water partition coefficient (Wildman–Crippen LogP) is 4.04. The second-order valence-electron chi connectivity index (χ2n) is 5.08. The van der Waals surface area contributed by atoms with Crippen molar-refractivity contribution in [2.75, 3.05) is 6.54 Å². The Balaban J connectivity index is 1.88. The average molecular weight is 330 g/mol. The molecule has 1 aliphatic rings. The maximum atomic E-state index is 12.7. The van der Waals surface area contributed by atoms with Crippen LogP contribution in [0.5, 0.6) is 0 Å². The van der Waals surface area contributed by atoms with Crippen LogP contribution in [0.15, 0.2) is 53.0 Å².